The number of rotatable bonds is 4. The summed E-state index contributed by atoms with van der Waals surface area (Å²) in [4.78, 5) is 5.16. The Hall–Kier alpha value is -7.39. The van der Waals surface area contributed by atoms with E-state index >= 15 is 0 Å². The molecule has 0 bridgehead atoms. The molecule has 70 heavy (non-hydrogen) atoms. The van der Waals surface area contributed by atoms with Crippen LogP contribution in [0.4, 0.5) is 17.1 Å². The van der Waals surface area contributed by atoms with Crippen molar-refractivity contribution in [3.63, 3.8) is 0 Å². The fourth-order valence-electron chi connectivity index (χ4n) is 13.5. The molecule has 0 radical (unpaired) electrons. The van der Waals surface area contributed by atoms with Crippen LogP contribution in [0.2, 0.25) is 0 Å². The number of hydrogen-bond donors (Lipinski definition) is 0. The second-order valence-electron chi connectivity index (χ2n) is 21.6. The molecule has 0 aromatic heterocycles. The van der Waals surface area contributed by atoms with Gasteiger partial charge in [-0.15, -0.1) is 0 Å². The normalized spacial score (nSPS) is 17.6. The standard InChI is InChI=1S/C68H53NS/c1-65(2)53-21-11-9-19-49(53)51-35-33-46(40-60(51)65)69(47-34-36-52-50-20-10-12-22-54(50)66(3,4)61(52)41-47)45-31-27-42(28-32-45)44-30-37-56-62(39-44)68(57-24-14-13-23-55(57)67(56,5)6)58-25-15-16-26-63(58)70-64-48-18-8-7-17-43(48)29-38-59(64)68/h7-41H,1-6H3. The summed E-state index contributed by atoms with van der Waals surface area (Å²) in [6.45, 7) is 14.4. The largest absolute Gasteiger partial charge is 0.310 e. The van der Waals surface area contributed by atoms with E-state index in [1.807, 2.05) is 11.8 Å². The van der Waals surface area contributed by atoms with Gasteiger partial charge in [0.05, 0.1) is 5.41 Å². The van der Waals surface area contributed by atoms with Gasteiger partial charge in [0.1, 0.15) is 0 Å². The maximum absolute atomic E-state index is 2.55. The Morgan fingerprint density at radius 3 is 1.44 bits per heavy atom. The molecule has 1 nitrogen and oxygen atoms in total. The number of nitrogens with zero attached hydrogens (tertiary/aromatic N) is 1. The summed E-state index contributed by atoms with van der Waals surface area (Å²) in [5.41, 5.74) is 24.0. The van der Waals surface area contributed by atoms with Gasteiger partial charge in [-0.25, -0.2) is 0 Å². The smallest absolute Gasteiger partial charge is 0.0729 e. The number of fused-ring (bicyclic) bond motifs is 16. The summed E-state index contributed by atoms with van der Waals surface area (Å²) in [7, 11) is 0. The van der Waals surface area contributed by atoms with Crippen LogP contribution in [0.3, 0.4) is 0 Å². The van der Waals surface area contributed by atoms with E-state index in [-0.39, 0.29) is 16.2 Å². The van der Waals surface area contributed by atoms with Crippen molar-refractivity contribution in [1.29, 1.82) is 0 Å². The first-order chi connectivity index (χ1) is 34.0. The van der Waals surface area contributed by atoms with Crippen LogP contribution in [0.25, 0.3) is 44.2 Å². The van der Waals surface area contributed by atoms with Crippen molar-refractivity contribution in [3.8, 4) is 33.4 Å². The van der Waals surface area contributed by atoms with Crippen molar-refractivity contribution in [3.05, 3.63) is 268 Å². The molecule has 1 aliphatic heterocycles. The molecule has 1 atom stereocenters. The first-order valence-corrected chi connectivity index (χ1v) is 25.7. The average Bonchev–Trinajstić information content (AvgIpc) is 3.76. The molecule has 10 aromatic carbocycles. The first-order valence-electron chi connectivity index (χ1n) is 24.9. The van der Waals surface area contributed by atoms with Gasteiger partial charge in [0.2, 0.25) is 0 Å². The summed E-state index contributed by atoms with van der Waals surface area (Å²) in [5, 5.41) is 2.59. The summed E-state index contributed by atoms with van der Waals surface area (Å²) in [6, 6.07) is 81.1. The highest BCUT2D eigenvalue weighted by Crippen LogP contribution is 2.63. The van der Waals surface area contributed by atoms with Gasteiger partial charge in [-0.1, -0.05) is 217 Å². The van der Waals surface area contributed by atoms with Gasteiger partial charge in [0.15, 0.2) is 0 Å². The zero-order valence-corrected chi connectivity index (χ0v) is 41.4. The zero-order valence-electron chi connectivity index (χ0n) is 40.6. The highest BCUT2D eigenvalue weighted by molar-refractivity contribution is 7.99. The highest BCUT2D eigenvalue weighted by atomic mass is 32.2. The molecular weight excluding hydrogens is 863 g/mol. The van der Waals surface area contributed by atoms with Crippen molar-refractivity contribution in [2.24, 2.45) is 0 Å². The lowest BCUT2D eigenvalue weighted by Gasteiger charge is -2.50. The second-order valence-corrected chi connectivity index (χ2v) is 22.7. The van der Waals surface area contributed by atoms with Gasteiger partial charge < -0.3 is 4.90 Å². The summed E-state index contributed by atoms with van der Waals surface area (Å²) < 4.78 is 0. The van der Waals surface area contributed by atoms with Crippen LogP contribution in [0.15, 0.2) is 222 Å². The molecule has 2 heteroatoms. The van der Waals surface area contributed by atoms with Crippen LogP contribution in [-0.4, -0.2) is 0 Å². The van der Waals surface area contributed by atoms with Crippen molar-refractivity contribution < 1.29 is 0 Å². The molecule has 0 amide bonds. The van der Waals surface area contributed by atoms with Crippen LogP contribution in [-0.2, 0) is 21.7 Å². The molecule has 0 fully saturated rings. The molecular formula is C68H53NS. The Morgan fingerprint density at radius 2 is 0.786 bits per heavy atom. The molecule has 0 saturated carbocycles. The average molecular weight is 916 g/mol. The fourth-order valence-corrected chi connectivity index (χ4v) is 14.8. The Labute approximate surface area is 416 Å². The van der Waals surface area contributed by atoms with Gasteiger partial charge in [-0.05, 0) is 148 Å². The third-order valence-corrected chi connectivity index (χ3v) is 18.2. The number of hydrogen-bond acceptors (Lipinski definition) is 2. The van der Waals surface area contributed by atoms with Crippen molar-refractivity contribution in [2.45, 2.75) is 73.0 Å². The Balaban J connectivity index is 0.948. The lowest BCUT2D eigenvalue weighted by Crippen LogP contribution is -2.43. The molecule has 0 N–H and O–H groups in total. The zero-order chi connectivity index (χ0) is 47.3. The van der Waals surface area contributed by atoms with Crippen LogP contribution in [0.1, 0.15) is 97.2 Å². The van der Waals surface area contributed by atoms with E-state index < -0.39 is 5.41 Å². The van der Waals surface area contributed by atoms with Gasteiger partial charge in [0.25, 0.3) is 0 Å². The van der Waals surface area contributed by atoms with Crippen LogP contribution in [0, 0.1) is 0 Å². The lowest BCUT2D eigenvalue weighted by atomic mass is 9.54. The minimum atomic E-state index is -0.516. The molecule has 3 aliphatic carbocycles. The highest BCUT2D eigenvalue weighted by Gasteiger charge is 2.52. The minimum absolute atomic E-state index is 0.122. The molecule has 1 heterocycles. The summed E-state index contributed by atoms with van der Waals surface area (Å²) >= 11 is 1.93. The molecule has 10 aromatic rings. The molecule has 0 saturated heterocycles. The number of anilines is 3. The Morgan fingerprint density at radius 1 is 0.314 bits per heavy atom. The van der Waals surface area contributed by atoms with Crippen molar-refractivity contribution in [1.82, 2.24) is 0 Å². The maximum Gasteiger partial charge on any atom is 0.0729 e. The van der Waals surface area contributed by atoms with E-state index in [2.05, 4.69) is 259 Å². The maximum atomic E-state index is 2.55. The predicted molar refractivity (Wildman–Crippen MR) is 294 cm³/mol. The fraction of sp³-hybridized carbons (Fsp3) is 0.147. The number of benzene rings is 10. The molecule has 336 valence electrons. The predicted octanol–water partition coefficient (Wildman–Crippen LogP) is 18.1. The SMILES string of the molecule is CC1(C)c2ccccc2-c2ccc(N(c3ccc(-c4ccc5c(c4)C4(c6ccccc6Sc6c4ccc4ccccc64)c4ccccc4C5(C)C)cc3)c3ccc4c(c3)C(C)(C)c3ccccc3-4)cc21. The van der Waals surface area contributed by atoms with Crippen LogP contribution in [0.5, 0.6) is 0 Å². The third-order valence-electron chi connectivity index (χ3n) is 17.0. The molecule has 14 rings (SSSR count). The quantitative estimate of drug-likeness (QED) is 0.173. The van der Waals surface area contributed by atoms with E-state index in [9.17, 15) is 0 Å². The minimum Gasteiger partial charge on any atom is -0.310 e. The second kappa shape index (κ2) is 14.6. The lowest BCUT2D eigenvalue weighted by molar-refractivity contribution is 0.550. The Bertz CT molecular complexity index is 3740. The van der Waals surface area contributed by atoms with Crippen LogP contribution >= 0.6 is 11.8 Å². The van der Waals surface area contributed by atoms with Crippen LogP contribution < -0.4 is 4.90 Å². The van der Waals surface area contributed by atoms with Crippen molar-refractivity contribution in [2.75, 3.05) is 4.90 Å². The first kappa shape index (κ1) is 41.6. The van der Waals surface area contributed by atoms with E-state index in [4.69, 9.17) is 0 Å². The van der Waals surface area contributed by atoms with E-state index in [1.54, 1.807) is 0 Å². The molecule has 1 unspecified atom stereocenters. The van der Waals surface area contributed by atoms with Gasteiger partial charge in [-0.3, -0.25) is 0 Å². The van der Waals surface area contributed by atoms with E-state index in [0.717, 1.165) is 17.1 Å². The molecule has 1 spiro atoms. The Kier molecular flexibility index (Phi) is 8.66. The monoisotopic (exact) mass is 915 g/mol. The van der Waals surface area contributed by atoms with Gasteiger partial charge in [-0.2, -0.15) is 0 Å². The third kappa shape index (κ3) is 5.52. The van der Waals surface area contributed by atoms with E-state index in [0.29, 0.717) is 0 Å². The topological polar surface area (TPSA) is 3.24 Å². The molecule has 4 aliphatic rings. The van der Waals surface area contributed by atoms with E-state index in [1.165, 1.54) is 110 Å². The summed E-state index contributed by atoms with van der Waals surface area (Å²) in [5.74, 6) is 0. The van der Waals surface area contributed by atoms with Gasteiger partial charge >= 0.3 is 0 Å². The summed E-state index contributed by atoms with van der Waals surface area (Å²) in [6.07, 6.45) is 0. The van der Waals surface area contributed by atoms with Gasteiger partial charge in [0, 0.05) is 43.1 Å². The van der Waals surface area contributed by atoms with Crippen molar-refractivity contribution >= 4 is 39.6 Å².